The molecule has 30 heavy (non-hydrogen) atoms. The fourth-order valence-electron chi connectivity index (χ4n) is 3.27. The van der Waals surface area contributed by atoms with E-state index in [0.717, 1.165) is 12.0 Å². The highest BCUT2D eigenvalue weighted by molar-refractivity contribution is 5.94. The molecule has 1 atom stereocenters. The van der Waals surface area contributed by atoms with Crippen LogP contribution >= 0.6 is 0 Å². The zero-order chi connectivity index (χ0) is 22.1. The van der Waals surface area contributed by atoms with E-state index in [4.69, 9.17) is 0 Å². The van der Waals surface area contributed by atoms with Gasteiger partial charge in [-0.3, -0.25) is 9.69 Å². The molecule has 1 aliphatic rings. The molecule has 1 heterocycles. The van der Waals surface area contributed by atoms with Gasteiger partial charge in [0.05, 0.1) is 6.54 Å². The van der Waals surface area contributed by atoms with Gasteiger partial charge in [0, 0.05) is 44.8 Å². The molecule has 9 heteroatoms. The van der Waals surface area contributed by atoms with E-state index in [1.54, 1.807) is 6.07 Å². The first-order valence-electron chi connectivity index (χ1n) is 10.5. The number of alkyl halides is 3. The fourth-order valence-corrected chi connectivity index (χ4v) is 3.27. The maximum Gasteiger partial charge on any atom is 0.403 e. The number of halogens is 3. The SMILES string of the molecule is CCCNC(=O)c1cccc(CN=C(NCC)N2CCN(C(C)C(F)(F)F)CC2)c1. The van der Waals surface area contributed by atoms with E-state index >= 15 is 0 Å². The van der Waals surface area contributed by atoms with Crippen molar-refractivity contribution >= 4 is 11.9 Å². The van der Waals surface area contributed by atoms with Gasteiger partial charge < -0.3 is 15.5 Å². The Balaban J connectivity index is 2.01. The summed E-state index contributed by atoms with van der Waals surface area (Å²) in [6.45, 7) is 8.46. The summed E-state index contributed by atoms with van der Waals surface area (Å²) < 4.78 is 38.9. The number of nitrogens with one attached hydrogen (secondary N) is 2. The second-order valence-corrected chi connectivity index (χ2v) is 7.37. The van der Waals surface area contributed by atoms with Crippen LogP contribution in [0.15, 0.2) is 29.3 Å². The zero-order valence-corrected chi connectivity index (χ0v) is 17.9. The lowest BCUT2D eigenvalue weighted by molar-refractivity contribution is -0.181. The van der Waals surface area contributed by atoms with Gasteiger partial charge >= 0.3 is 6.18 Å². The van der Waals surface area contributed by atoms with Crippen LogP contribution in [0.1, 0.15) is 43.1 Å². The third-order valence-electron chi connectivity index (χ3n) is 5.11. The second kappa shape index (κ2) is 11.2. The largest absolute Gasteiger partial charge is 0.403 e. The lowest BCUT2D eigenvalue weighted by Crippen LogP contribution is -2.56. The van der Waals surface area contributed by atoms with Gasteiger partial charge in [-0.05, 0) is 38.0 Å². The lowest BCUT2D eigenvalue weighted by atomic mass is 10.1. The number of amides is 1. The number of guanidine groups is 1. The predicted molar refractivity (Wildman–Crippen MR) is 113 cm³/mol. The Hall–Kier alpha value is -2.29. The molecule has 1 aromatic carbocycles. The quantitative estimate of drug-likeness (QED) is 0.519. The number of piperazine rings is 1. The van der Waals surface area contributed by atoms with Crippen LogP contribution in [0, 0.1) is 0 Å². The highest BCUT2D eigenvalue weighted by Crippen LogP contribution is 2.25. The van der Waals surface area contributed by atoms with E-state index in [9.17, 15) is 18.0 Å². The van der Waals surface area contributed by atoms with Crippen molar-refractivity contribution in [3.05, 3.63) is 35.4 Å². The molecule has 2 N–H and O–H groups in total. The molecule has 6 nitrogen and oxygen atoms in total. The van der Waals surface area contributed by atoms with Gasteiger partial charge in [0.25, 0.3) is 5.91 Å². The van der Waals surface area contributed by atoms with Crippen molar-refractivity contribution in [3.63, 3.8) is 0 Å². The standard InChI is InChI=1S/C21H32F3N5O/c1-4-9-26-19(30)18-8-6-7-17(14-18)15-27-20(25-5-2)29-12-10-28(11-13-29)16(3)21(22,23)24/h6-8,14,16H,4-5,9-13,15H2,1-3H3,(H,25,27)(H,26,30). The summed E-state index contributed by atoms with van der Waals surface area (Å²) in [5, 5.41) is 6.07. The Labute approximate surface area is 176 Å². The molecule has 168 valence electrons. The molecule has 0 aliphatic carbocycles. The minimum absolute atomic E-state index is 0.107. The second-order valence-electron chi connectivity index (χ2n) is 7.37. The van der Waals surface area contributed by atoms with Gasteiger partial charge in [0.15, 0.2) is 5.96 Å². The molecule has 0 spiro atoms. The maximum absolute atomic E-state index is 13.0. The first-order chi connectivity index (χ1) is 14.3. The molecular formula is C21H32F3N5O. The van der Waals surface area contributed by atoms with Crippen LogP contribution in [0.25, 0.3) is 0 Å². The van der Waals surface area contributed by atoms with Gasteiger partial charge in [-0.1, -0.05) is 19.1 Å². The molecule has 0 radical (unpaired) electrons. The average molecular weight is 428 g/mol. The average Bonchev–Trinajstić information content (AvgIpc) is 2.74. The summed E-state index contributed by atoms with van der Waals surface area (Å²) in [6, 6.07) is 5.88. The predicted octanol–water partition coefficient (Wildman–Crippen LogP) is 2.86. The molecule has 1 fully saturated rings. The monoisotopic (exact) mass is 427 g/mol. The number of hydrogen-bond acceptors (Lipinski definition) is 3. The summed E-state index contributed by atoms with van der Waals surface area (Å²) in [7, 11) is 0. The zero-order valence-electron chi connectivity index (χ0n) is 17.9. The van der Waals surface area contributed by atoms with Crippen molar-refractivity contribution in [3.8, 4) is 0 Å². The van der Waals surface area contributed by atoms with E-state index in [2.05, 4.69) is 15.6 Å². The van der Waals surface area contributed by atoms with E-state index < -0.39 is 12.2 Å². The van der Waals surface area contributed by atoms with Crippen molar-refractivity contribution in [2.45, 2.75) is 46.0 Å². The van der Waals surface area contributed by atoms with Crippen LogP contribution in [0.4, 0.5) is 13.2 Å². The van der Waals surface area contributed by atoms with E-state index in [-0.39, 0.29) is 5.91 Å². The Kier molecular flexibility index (Phi) is 8.95. The molecule has 0 bridgehead atoms. The van der Waals surface area contributed by atoms with Gasteiger partial charge in [0.1, 0.15) is 6.04 Å². The van der Waals surface area contributed by atoms with E-state index in [1.165, 1.54) is 11.8 Å². The van der Waals surface area contributed by atoms with Crippen molar-refractivity contribution in [2.75, 3.05) is 39.3 Å². The van der Waals surface area contributed by atoms with Crippen molar-refractivity contribution in [1.82, 2.24) is 20.4 Å². The van der Waals surface area contributed by atoms with Crippen LogP contribution < -0.4 is 10.6 Å². The lowest BCUT2D eigenvalue weighted by Gasteiger charge is -2.39. The normalized spacial score (nSPS) is 17.0. The molecule has 1 aromatic rings. The Morgan fingerprint density at radius 1 is 1.17 bits per heavy atom. The smallest absolute Gasteiger partial charge is 0.357 e. The summed E-state index contributed by atoms with van der Waals surface area (Å²) in [4.78, 5) is 20.2. The molecule has 0 saturated carbocycles. The molecule has 2 rings (SSSR count). The Morgan fingerprint density at radius 3 is 2.47 bits per heavy atom. The highest BCUT2D eigenvalue weighted by Gasteiger charge is 2.41. The Bertz CT molecular complexity index is 715. The third kappa shape index (κ3) is 6.90. The summed E-state index contributed by atoms with van der Waals surface area (Å²) >= 11 is 0. The van der Waals surface area contributed by atoms with Crippen LogP contribution in [0.2, 0.25) is 0 Å². The summed E-state index contributed by atoms with van der Waals surface area (Å²) in [5.74, 6) is 0.571. The highest BCUT2D eigenvalue weighted by atomic mass is 19.4. The number of benzene rings is 1. The Morgan fingerprint density at radius 2 is 1.87 bits per heavy atom. The van der Waals surface area contributed by atoms with E-state index in [1.807, 2.05) is 36.9 Å². The van der Waals surface area contributed by atoms with Crippen molar-refractivity contribution < 1.29 is 18.0 Å². The van der Waals surface area contributed by atoms with Gasteiger partial charge in [-0.15, -0.1) is 0 Å². The number of carbonyl (C=O) groups excluding carboxylic acids is 1. The van der Waals surface area contributed by atoms with Crippen LogP contribution in [0.5, 0.6) is 0 Å². The maximum atomic E-state index is 13.0. The number of hydrogen-bond donors (Lipinski definition) is 2. The topological polar surface area (TPSA) is 60.0 Å². The van der Waals surface area contributed by atoms with Gasteiger partial charge in [-0.25, -0.2) is 4.99 Å². The summed E-state index contributed by atoms with van der Waals surface area (Å²) in [6.07, 6.45) is -3.34. The number of rotatable bonds is 7. The minimum atomic E-state index is -4.21. The van der Waals surface area contributed by atoms with Gasteiger partial charge in [-0.2, -0.15) is 13.2 Å². The molecule has 1 aliphatic heterocycles. The summed E-state index contributed by atoms with van der Waals surface area (Å²) in [5.41, 5.74) is 1.50. The molecule has 0 aromatic heterocycles. The molecular weight excluding hydrogens is 395 g/mol. The first kappa shape index (κ1) is 24.0. The van der Waals surface area contributed by atoms with Crippen LogP contribution in [0.3, 0.4) is 0 Å². The number of aliphatic imine (C=N–C) groups is 1. The fraction of sp³-hybridized carbons (Fsp3) is 0.619. The van der Waals surface area contributed by atoms with Gasteiger partial charge in [0.2, 0.25) is 0 Å². The van der Waals surface area contributed by atoms with Crippen molar-refractivity contribution in [2.24, 2.45) is 4.99 Å². The number of carbonyl (C=O) groups is 1. The molecule has 1 amide bonds. The minimum Gasteiger partial charge on any atom is -0.357 e. The van der Waals surface area contributed by atoms with Crippen LogP contribution in [-0.4, -0.2) is 73.2 Å². The molecule has 1 unspecified atom stereocenters. The van der Waals surface area contributed by atoms with Crippen LogP contribution in [-0.2, 0) is 6.54 Å². The third-order valence-corrected chi connectivity index (χ3v) is 5.11. The molecule has 1 saturated heterocycles. The number of nitrogens with zero attached hydrogens (tertiary/aromatic N) is 3. The van der Waals surface area contributed by atoms with E-state index in [0.29, 0.717) is 57.3 Å². The first-order valence-corrected chi connectivity index (χ1v) is 10.5. The van der Waals surface area contributed by atoms with Crippen molar-refractivity contribution in [1.29, 1.82) is 0 Å².